The van der Waals surface area contributed by atoms with E-state index in [2.05, 4.69) is 6.92 Å². The van der Waals surface area contributed by atoms with E-state index in [9.17, 15) is 8.42 Å². The first kappa shape index (κ1) is 22.8. The normalized spacial score (nSPS) is 15.9. The molecule has 9 heteroatoms. The molecule has 1 fully saturated rings. The minimum Gasteiger partial charge on any atom is -0.497 e. The summed E-state index contributed by atoms with van der Waals surface area (Å²) in [5, 5.41) is 0.473. The Morgan fingerprint density at radius 2 is 2.00 bits per heavy atom. The summed E-state index contributed by atoms with van der Waals surface area (Å²) in [7, 11) is -1.98. The van der Waals surface area contributed by atoms with Gasteiger partial charge < -0.3 is 14.0 Å². The molecule has 0 aliphatic carbocycles. The molecule has 2 aromatic carbocycles. The molecule has 0 saturated carbocycles. The lowest BCUT2D eigenvalue weighted by Crippen LogP contribution is -2.40. The first-order chi connectivity index (χ1) is 15.4. The van der Waals surface area contributed by atoms with Gasteiger partial charge in [-0.3, -0.25) is 0 Å². The first-order valence-electron chi connectivity index (χ1n) is 10.5. The summed E-state index contributed by atoms with van der Waals surface area (Å²) in [4.78, 5) is 4.94. The molecule has 0 N–H and O–H groups in total. The molecule has 1 aromatic heterocycles. The summed E-state index contributed by atoms with van der Waals surface area (Å²) in [6.07, 6.45) is 2.72. The van der Waals surface area contributed by atoms with Crippen LogP contribution in [0.3, 0.4) is 0 Å². The largest absolute Gasteiger partial charge is 0.497 e. The number of benzene rings is 2. The smallest absolute Gasteiger partial charge is 0.243 e. The van der Waals surface area contributed by atoms with Crippen molar-refractivity contribution in [2.75, 3.05) is 33.4 Å². The van der Waals surface area contributed by atoms with E-state index in [1.165, 1.54) is 4.31 Å². The Morgan fingerprint density at radius 3 is 2.72 bits per heavy atom. The van der Waals surface area contributed by atoms with E-state index in [1.54, 1.807) is 19.2 Å². The lowest BCUT2D eigenvalue weighted by atomic mass is 10.2. The zero-order valence-corrected chi connectivity index (χ0v) is 19.7. The van der Waals surface area contributed by atoms with E-state index < -0.39 is 10.0 Å². The van der Waals surface area contributed by atoms with Crippen LogP contribution in [-0.4, -0.2) is 55.7 Å². The van der Waals surface area contributed by atoms with Gasteiger partial charge in [0.2, 0.25) is 10.0 Å². The Bertz CT molecular complexity index is 1250. The van der Waals surface area contributed by atoms with Crippen LogP contribution in [0.15, 0.2) is 47.4 Å². The maximum atomic E-state index is 13.1. The highest BCUT2D eigenvalue weighted by Gasteiger charge is 2.27. The van der Waals surface area contributed by atoms with Gasteiger partial charge in [0, 0.05) is 19.6 Å². The highest BCUT2D eigenvalue weighted by atomic mass is 35.5. The highest BCUT2D eigenvalue weighted by molar-refractivity contribution is 7.89. The molecule has 1 saturated heterocycles. The van der Waals surface area contributed by atoms with Crippen LogP contribution >= 0.6 is 11.6 Å². The molecule has 0 bridgehead atoms. The number of nitrogens with zero attached hydrogens (tertiary/aromatic N) is 3. The third-order valence-electron chi connectivity index (χ3n) is 5.38. The zero-order chi connectivity index (χ0) is 22.7. The van der Waals surface area contributed by atoms with Gasteiger partial charge in [0.05, 0.1) is 41.3 Å². The van der Waals surface area contributed by atoms with Gasteiger partial charge in [0.15, 0.2) is 5.82 Å². The van der Waals surface area contributed by atoms with Crippen molar-refractivity contribution in [1.29, 1.82) is 0 Å². The van der Waals surface area contributed by atoms with E-state index in [-0.39, 0.29) is 4.90 Å². The van der Waals surface area contributed by atoms with Gasteiger partial charge >= 0.3 is 0 Å². The molecule has 1 aliphatic rings. The number of methoxy groups -OCH3 is 1. The number of sulfonamides is 1. The second-order valence-corrected chi connectivity index (χ2v) is 9.87. The lowest BCUT2D eigenvalue weighted by Gasteiger charge is -2.26. The van der Waals surface area contributed by atoms with E-state index in [1.807, 2.05) is 41.0 Å². The number of imidazole rings is 1. The number of ether oxygens (including phenoxy) is 2. The molecule has 0 atom stereocenters. The van der Waals surface area contributed by atoms with E-state index >= 15 is 0 Å². The Hall–Kier alpha value is -2.39. The molecule has 0 spiro atoms. The standard InChI is InChI=1S/C23H26ClN3O4S/c1-3-9-27-22-8-7-19(32(28,29)26-10-12-31-13-11-26)16-21(22)25-23(27)20(24)15-17-5-4-6-18(14-17)30-2/h4-8,14-16H,3,9-13H2,1-2H3/b20-15-. The van der Waals surface area contributed by atoms with Crippen LogP contribution in [-0.2, 0) is 21.3 Å². The topological polar surface area (TPSA) is 73.7 Å². The SMILES string of the molecule is CCCn1c(/C(Cl)=C/c2cccc(OC)c2)nc2cc(S(=O)(=O)N3CCOCC3)ccc21. The summed E-state index contributed by atoms with van der Waals surface area (Å²) < 4.78 is 40.2. The molecule has 2 heterocycles. The van der Waals surface area contributed by atoms with Crippen molar-refractivity contribution in [1.82, 2.24) is 13.9 Å². The van der Waals surface area contributed by atoms with Gasteiger partial charge in [0.1, 0.15) is 5.75 Å². The summed E-state index contributed by atoms with van der Waals surface area (Å²) in [6.45, 7) is 4.30. The minimum absolute atomic E-state index is 0.229. The predicted octanol–water partition coefficient (Wildman–Crippen LogP) is 4.21. The molecular weight excluding hydrogens is 450 g/mol. The molecular formula is C23H26ClN3O4S. The first-order valence-corrected chi connectivity index (χ1v) is 12.4. The second-order valence-electron chi connectivity index (χ2n) is 7.52. The van der Waals surface area contributed by atoms with E-state index in [0.29, 0.717) is 49.2 Å². The van der Waals surface area contributed by atoms with Crippen LogP contribution in [0.4, 0.5) is 0 Å². The van der Waals surface area contributed by atoms with Gasteiger partial charge in [-0.25, -0.2) is 13.4 Å². The number of rotatable bonds is 7. The minimum atomic E-state index is -3.60. The predicted molar refractivity (Wildman–Crippen MR) is 126 cm³/mol. The van der Waals surface area contributed by atoms with Crippen molar-refractivity contribution in [2.45, 2.75) is 24.8 Å². The average Bonchev–Trinajstić information content (AvgIpc) is 3.18. The lowest BCUT2D eigenvalue weighted by molar-refractivity contribution is 0.0730. The highest BCUT2D eigenvalue weighted by Crippen LogP contribution is 2.29. The maximum absolute atomic E-state index is 13.1. The molecule has 170 valence electrons. The summed E-state index contributed by atoms with van der Waals surface area (Å²) in [6, 6.07) is 12.7. The quantitative estimate of drug-likeness (QED) is 0.511. The monoisotopic (exact) mass is 475 g/mol. The Labute approximate surface area is 193 Å². The number of morpholine rings is 1. The molecule has 7 nitrogen and oxygen atoms in total. The Balaban J connectivity index is 1.76. The molecule has 4 rings (SSSR count). The number of halogens is 1. The van der Waals surface area contributed by atoms with Crippen LogP contribution < -0.4 is 4.74 Å². The van der Waals surface area contributed by atoms with Crippen LogP contribution in [0.2, 0.25) is 0 Å². The van der Waals surface area contributed by atoms with Gasteiger partial charge in [0.25, 0.3) is 0 Å². The van der Waals surface area contributed by atoms with Crippen LogP contribution in [0, 0.1) is 0 Å². The number of hydrogen-bond donors (Lipinski definition) is 0. The fourth-order valence-electron chi connectivity index (χ4n) is 3.78. The number of aromatic nitrogens is 2. The zero-order valence-electron chi connectivity index (χ0n) is 18.1. The molecule has 0 radical (unpaired) electrons. The summed E-state index contributed by atoms with van der Waals surface area (Å²) in [5.74, 6) is 1.34. The van der Waals surface area contributed by atoms with Crippen molar-refractivity contribution in [3.63, 3.8) is 0 Å². The number of fused-ring (bicyclic) bond motifs is 1. The average molecular weight is 476 g/mol. The summed E-state index contributed by atoms with van der Waals surface area (Å²) in [5.41, 5.74) is 2.33. The third-order valence-corrected chi connectivity index (χ3v) is 7.55. The molecule has 3 aromatic rings. The maximum Gasteiger partial charge on any atom is 0.243 e. The molecule has 32 heavy (non-hydrogen) atoms. The Kier molecular flexibility index (Phi) is 6.85. The summed E-state index contributed by atoms with van der Waals surface area (Å²) >= 11 is 6.70. The van der Waals surface area contributed by atoms with Crippen molar-refractivity contribution in [2.24, 2.45) is 0 Å². The van der Waals surface area contributed by atoms with Crippen molar-refractivity contribution in [3.8, 4) is 5.75 Å². The van der Waals surface area contributed by atoms with Gasteiger partial charge in [-0.05, 0) is 48.4 Å². The number of aryl methyl sites for hydroxylation is 1. The fourth-order valence-corrected chi connectivity index (χ4v) is 5.48. The van der Waals surface area contributed by atoms with Gasteiger partial charge in [-0.2, -0.15) is 4.31 Å². The Morgan fingerprint density at radius 1 is 1.22 bits per heavy atom. The van der Waals surface area contributed by atoms with Gasteiger partial charge in [-0.15, -0.1) is 0 Å². The second kappa shape index (κ2) is 9.62. The fraction of sp³-hybridized carbons (Fsp3) is 0.348. The molecule has 0 unspecified atom stereocenters. The van der Waals surface area contributed by atoms with Crippen LogP contribution in [0.25, 0.3) is 22.1 Å². The van der Waals surface area contributed by atoms with Gasteiger partial charge in [-0.1, -0.05) is 30.7 Å². The van der Waals surface area contributed by atoms with Crippen LogP contribution in [0.1, 0.15) is 24.7 Å². The van der Waals surface area contributed by atoms with Crippen molar-refractivity contribution >= 4 is 43.8 Å². The third kappa shape index (κ3) is 4.54. The van der Waals surface area contributed by atoms with Crippen LogP contribution in [0.5, 0.6) is 5.75 Å². The molecule has 0 amide bonds. The van der Waals surface area contributed by atoms with E-state index in [0.717, 1.165) is 23.3 Å². The van der Waals surface area contributed by atoms with E-state index in [4.69, 9.17) is 26.1 Å². The van der Waals surface area contributed by atoms with Crippen molar-refractivity contribution < 1.29 is 17.9 Å². The van der Waals surface area contributed by atoms with Crippen molar-refractivity contribution in [3.05, 3.63) is 53.9 Å². The number of hydrogen-bond acceptors (Lipinski definition) is 5. The molecule has 1 aliphatic heterocycles.